The van der Waals surface area contributed by atoms with Crippen molar-refractivity contribution in [1.82, 2.24) is 0 Å². The van der Waals surface area contributed by atoms with Gasteiger partial charge in [-0.3, -0.25) is 0 Å². The maximum Gasteiger partial charge on any atom is 0.173 e. The monoisotopic (exact) mass is 306 g/mol. The van der Waals surface area contributed by atoms with Crippen LogP contribution < -0.4 is 15.2 Å². The Morgan fingerprint density at radius 3 is 2.48 bits per heavy atom. The van der Waals surface area contributed by atoms with Gasteiger partial charge < -0.3 is 20.4 Å². The Labute approximate surface area is 127 Å². The van der Waals surface area contributed by atoms with Gasteiger partial charge in [0.15, 0.2) is 5.84 Å². The largest absolute Gasteiger partial charge is 0.494 e. The summed E-state index contributed by atoms with van der Waals surface area (Å²) in [6.07, 6.45) is 0. The van der Waals surface area contributed by atoms with Gasteiger partial charge in [0, 0.05) is 5.02 Å². The highest BCUT2D eigenvalue weighted by molar-refractivity contribution is 6.31. The Balaban J connectivity index is 2.26. The van der Waals surface area contributed by atoms with E-state index in [0.717, 1.165) is 5.75 Å². The average molecular weight is 307 g/mol. The predicted octanol–water partition coefficient (Wildman–Crippen LogP) is 3.63. The zero-order chi connectivity index (χ0) is 15.2. The van der Waals surface area contributed by atoms with E-state index in [2.05, 4.69) is 5.16 Å². The van der Waals surface area contributed by atoms with Crippen LogP contribution in [0.15, 0.2) is 47.6 Å². The third-order valence-electron chi connectivity index (χ3n) is 2.69. The van der Waals surface area contributed by atoms with Crippen LogP contribution in [-0.2, 0) is 0 Å². The molecule has 0 saturated heterocycles. The molecule has 2 rings (SSSR count). The van der Waals surface area contributed by atoms with Crippen molar-refractivity contribution in [2.24, 2.45) is 10.9 Å². The maximum absolute atomic E-state index is 8.81. The molecule has 0 fully saturated rings. The molecule has 0 aliphatic rings. The fraction of sp³-hybridized carbons (Fsp3) is 0.133. The molecule has 110 valence electrons. The number of hydrogen-bond donors (Lipinski definition) is 2. The molecule has 0 atom stereocenters. The lowest BCUT2D eigenvalue weighted by Gasteiger charge is -2.11. The zero-order valence-corrected chi connectivity index (χ0v) is 12.2. The smallest absolute Gasteiger partial charge is 0.173 e. The van der Waals surface area contributed by atoms with Crippen LogP contribution in [0.3, 0.4) is 0 Å². The van der Waals surface area contributed by atoms with Gasteiger partial charge in [-0.2, -0.15) is 0 Å². The van der Waals surface area contributed by atoms with Crippen LogP contribution in [0.1, 0.15) is 12.5 Å². The van der Waals surface area contributed by atoms with Gasteiger partial charge in [-0.1, -0.05) is 16.8 Å². The second-order valence-corrected chi connectivity index (χ2v) is 4.57. The van der Waals surface area contributed by atoms with E-state index >= 15 is 0 Å². The van der Waals surface area contributed by atoms with Crippen LogP contribution in [0.4, 0.5) is 0 Å². The Morgan fingerprint density at radius 1 is 1.19 bits per heavy atom. The first-order chi connectivity index (χ1) is 10.1. The van der Waals surface area contributed by atoms with E-state index < -0.39 is 0 Å². The molecular formula is C15H15ClN2O3. The van der Waals surface area contributed by atoms with Crippen molar-refractivity contribution in [3.8, 4) is 17.2 Å². The molecule has 0 spiro atoms. The summed E-state index contributed by atoms with van der Waals surface area (Å²) >= 11 is 5.91. The molecule has 5 nitrogen and oxygen atoms in total. The minimum atomic E-state index is -0.0709. The second kappa shape index (κ2) is 6.85. The molecule has 0 saturated carbocycles. The lowest BCUT2D eigenvalue weighted by atomic mass is 10.2. The molecule has 3 N–H and O–H groups in total. The van der Waals surface area contributed by atoms with E-state index in [-0.39, 0.29) is 5.84 Å². The summed E-state index contributed by atoms with van der Waals surface area (Å²) in [5.74, 6) is 1.74. The summed E-state index contributed by atoms with van der Waals surface area (Å²) in [4.78, 5) is 0. The summed E-state index contributed by atoms with van der Waals surface area (Å²) in [6.45, 7) is 2.52. The minimum absolute atomic E-state index is 0.0709. The molecule has 0 bridgehead atoms. The van der Waals surface area contributed by atoms with Gasteiger partial charge >= 0.3 is 0 Å². The molecule has 0 heterocycles. The summed E-state index contributed by atoms with van der Waals surface area (Å²) in [5, 5.41) is 12.3. The second-order valence-electron chi connectivity index (χ2n) is 4.13. The van der Waals surface area contributed by atoms with Crippen molar-refractivity contribution in [1.29, 1.82) is 0 Å². The number of nitrogens with two attached hydrogens (primary N) is 1. The Bertz CT molecular complexity index is 642. The molecule has 2 aromatic rings. The van der Waals surface area contributed by atoms with E-state index in [1.165, 1.54) is 0 Å². The first kappa shape index (κ1) is 15.0. The molecule has 0 aliphatic carbocycles. The van der Waals surface area contributed by atoms with Crippen LogP contribution in [0.25, 0.3) is 0 Å². The SMILES string of the molecule is CCOc1ccc(Oc2ccc(Cl)cc2C(N)=NO)cc1. The molecule has 0 radical (unpaired) electrons. The van der Waals surface area contributed by atoms with Crippen LogP contribution >= 0.6 is 11.6 Å². The van der Waals surface area contributed by atoms with Gasteiger partial charge in [0.05, 0.1) is 12.2 Å². The van der Waals surface area contributed by atoms with Gasteiger partial charge in [0.2, 0.25) is 0 Å². The molecule has 6 heteroatoms. The molecule has 0 amide bonds. The highest BCUT2D eigenvalue weighted by Crippen LogP contribution is 2.29. The van der Waals surface area contributed by atoms with Crippen LogP contribution in [0.5, 0.6) is 17.2 Å². The maximum atomic E-state index is 8.81. The number of oxime groups is 1. The normalized spacial score (nSPS) is 11.2. The first-order valence-electron chi connectivity index (χ1n) is 6.32. The molecular weight excluding hydrogens is 292 g/mol. The van der Waals surface area contributed by atoms with Gasteiger partial charge in [-0.15, -0.1) is 0 Å². The average Bonchev–Trinajstić information content (AvgIpc) is 2.50. The number of amidine groups is 1. The summed E-state index contributed by atoms with van der Waals surface area (Å²) in [6, 6.07) is 12.0. The van der Waals surface area contributed by atoms with Gasteiger partial charge in [0.1, 0.15) is 17.2 Å². The van der Waals surface area contributed by atoms with Crippen molar-refractivity contribution in [3.63, 3.8) is 0 Å². The highest BCUT2D eigenvalue weighted by atomic mass is 35.5. The number of rotatable bonds is 5. The van der Waals surface area contributed by atoms with Gasteiger partial charge in [-0.05, 0) is 49.4 Å². The van der Waals surface area contributed by atoms with E-state index in [1.807, 2.05) is 6.92 Å². The van der Waals surface area contributed by atoms with Crippen molar-refractivity contribution >= 4 is 17.4 Å². The van der Waals surface area contributed by atoms with E-state index in [9.17, 15) is 0 Å². The number of nitrogens with zero attached hydrogens (tertiary/aromatic N) is 1. The first-order valence-corrected chi connectivity index (χ1v) is 6.70. The summed E-state index contributed by atoms with van der Waals surface area (Å²) < 4.78 is 11.1. The number of ether oxygens (including phenoxy) is 2. The number of benzene rings is 2. The zero-order valence-electron chi connectivity index (χ0n) is 11.4. The van der Waals surface area contributed by atoms with Crippen LogP contribution in [-0.4, -0.2) is 17.6 Å². The van der Waals surface area contributed by atoms with Crippen LogP contribution in [0, 0.1) is 0 Å². The van der Waals surface area contributed by atoms with Crippen molar-refractivity contribution < 1.29 is 14.7 Å². The molecule has 21 heavy (non-hydrogen) atoms. The van der Waals surface area contributed by atoms with Gasteiger partial charge in [0.25, 0.3) is 0 Å². The fourth-order valence-corrected chi connectivity index (χ4v) is 1.91. The molecule has 0 aliphatic heterocycles. The van der Waals surface area contributed by atoms with Gasteiger partial charge in [-0.25, -0.2) is 0 Å². The predicted molar refractivity (Wildman–Crippen MR) is 81.6 cm³/mol. The summed E-state index contributed by atoms with van der Waals surface area (Å²) in [5.41, 5.74) is 6.04. The Kier molecular flexibility index (Phi) is 4.90. The lowest BCUT2D eigenvalue weighted by molar-refractivity contribution is 0.318. The van der Waals surface area contributed by atoms with Crippen LogP contribution in [0.2, 0.25) is 5.02 Å². The summed E-state index contributed by atoms with van der Waals surface area (Å²) in [7, 11) is 0. The van der Waals surface area contributed by atoms with Crippen molar-refractivity contribution in [2.45, 2.75) is 6.92 Å². The quantitative estimate of drug-likeness (QED) is 0.383. The number of halogens is 1. The van der Waals surface area contributed by atoms with E-state index in [1.54, 1.807) is 42.5 Å². The Hall–Kier alpha value is -2.40. The minimum Gasteiger partial charge on any atom is -0.494 e. The van der Waals surface area contributed by atoms with E-state index in [0.29, 0.717) is 28.7 Å². The highest BCUT2D eigenvalue weighted by Gasteiger charge is 2.10. The lowest BCUT2D eigenvalue weighted by Crippen LogP contribution is -2.14. The molecule has 0 unspecified atom stereocenters. The Morgan fingerprint density at radius 2 is 1.86 bits per heavy atom. The third kappa shape index (κ3) is 3.79. The molecule has 2 aromatic carbocycles. The third-order valence-corrected chi connectivity index (χ3v) is 2.92. The van der Waals surface area contributed by atoms with Crippen molar-refractivity contribution in [3.05, 3.63) is 53.1 Å². The van der Waals surface area contributed by atoms with Crippen molar-refractivity contribution in [2.75, 3.05) is 6.61 Å². The molecule has 0 aromatic heterocycles. The van der Waals surface area contributed by atoms with E-state index in [4.69, 9.17) is 32.0 Å². The topological polar surface area (TPSA) is 77.1 Å². The fourth-order valence-electron chi connectivity index (χ4n) is 1.74. The number of hydrogen-bond acceptors (Lipinski definition) is 4. The standard InChI is InChI=1S/C15H15ClN2O3/c1-2-20-11-4-6-12(7-5-11)21-14-8-3-10(16)9-13(14)15(17)18-19/h3-9,19H,2H2,1H3,(H2,17,18).